The number of carbonyl (C=O) groups is 6. The third-order valence-corrected chi connectivity index (χ3v) is 4.87. The Morgan fingerprint density at radius 1 is 0.812 bits per heavy atom. The van der Waals surface area contributed by atoms with Crippen LogP contribution in [0.2, 0.25) is 0 Å². The molecule has 32 heavy (non-hydrogen) atoms. The van der Waals surface area contributed by atoms with Crippen molar-refractivity contribution in [2.24, 2.45) is 11.5 Å². The van der Waals surface area contributed by atoms with Crippen LogP contribution in [0.4, 0.5) is 0 Å². The minimum absolute atomic E-state index is 0.119. The van der Waals surface area contributed by atoms with Gasteiger partial charge in [-0.3, -0.25) is 24.0 Å². The Balaban J connectivity index is 5.49. The molecule has 0 aliphatic rings. The summed E-state index contributed by atoms with van der Waals surface area (Å²) in [5, 5.41) is 25.2. The molecular weight excluding hydrogens is 446 g/mol. The molecule has 0 rings (SSSR count). The van der Waals surface area contributed by atoms with Crippen molar-refractivity contribution in [3.8, 4) is 0 Å². The molecule has 182 valence electrons. The summed E-state index contributed by atoms with van der Waals surface area (Å²) in [6.45, 7) is 1.38. The van der Waals surface area contributed by atoms with Gasteiger partial charge in [0.15, 0.2) is 0 Å². The lowest BCUT2D eigenvalue weighted by Gasteiger charge is -2.24. The summed E-state index contributed by atoms with van der Waals surface area (Å²) in [4.78, 5) is 70.6. The molecule has 0 saturated heterocycles. The van der Waals surface area contributed by atoms with E-state index in [1.165, 1.54) is 18.7 Å². The zero-order chi connectivity index (χ0) is 24.8. The number of thioether (sulfide) groups is 1. The van der Waals surface area contributed by atoms with Gasteiger partial charge in [0.05, 0.1) is 6.04 Å². The second-order valence-electron chi connectivity index (χ2n) is 7.03. The van der Waals surface area contributed by atoms with Crippen molar-refractivity contribution >= 4 is 47.3 Å². The second-order valence-corrected chi connectivity index (χ2v) is 8.01. The summed E-state index contributed by atoms with van der Waals surface area (Å²) in [6, 6.07) is -4.86. The van der Waals surface area contributed by atoms with Crippen LogP contribution >= 0.6 is 11.8 Å². The van der Waals surface area contributed by atoms with Crippen molar-refractivity contribution in [1.29, 1.82) is 0 Å². The molecular formula is C18H31N5O8S. The standard InChI is InChI=1S/C18H31N5O8S/c1-9(19)15(27)21-10(3-5-13(20)24)16(28)22-11(4-6-14(25)26)17(29)23-12(18(30)31)7-8-32-2/h9-12H,3-8,19H2,1-2H3,(H2,20,24)(H,21,27)(H,22,28)(H,23,29)(H,25,26)(H,30,31). The molecule has 4 atom stereocenters. The van der Waals surface area contributed by atoms with Gasteiger partial charge in [0.1, 0.15) is 18.1 Å². The first kappa shape index (κ1) is 29.1. The molecule has 0 aromatic heterocycles. The van der Waals surface area contributed by atoms with Gasteiger partial charge < -0.3 is 37.6 Å². The molecule has 0 heterocycles. The van der Waals surface area contributed by atoms with E-state index in [4.69, 9.17) is 16.6 Å². The summed E-state index contributed by atoms with van der Waals surface area (Å²) in [7, 11) is 0. The molecule has 0 radical (unpaired) electrons. The fourth-order valence-corrected chi connectivity index (χ4v) is 2.90. The molecule has 0 bridgehead atoms. The number of nitrogens with two attached hydrogens (primary N) is 2. The minimum Gasteiger partial charge on any atom is -0.481 e. The SMILES string of the molecule is CSCCC(NC(=O)C(CCC(=O)O)NC(=O)C(CCC(N)=O)NC(=O)C(C)N)C(=O)O. The maximum absolute atomic E-state index is 12.7. The third-order valence-electron chi connectivity index (χ3n) is 4.23. The van der Waals surface area contributed by atoms with Crippen LogP contribution in [-0.4, -0.2) is 82.0 Å². The minimum atomic E-state index is -1.39. The Kier molecular flexibility index (Phi) is 13.7. The molecule has 0 fully saturated rings. The number of carboxylic acid groups (broad SMARTS) is 2. The van der Waals surface area contributed by atoms with Gasteiger partial charge in [-0.05, 0) is 38.2 Å². The number of primary amides is 1. The van der Waals surface area contributed by atoms with E-state index >= 15 is 0 Å². The predicted octanol–water partition coefficient (Wildman–Crippen LogP) is -2.24. The number of aliphatic carboxylic acids is 2. The van der Waals surface area contributed by atoms with E-state index in [2.05, 4.69) is 16.0 Å². The molecule has 0 aliphatic carbocycles. The van der Waals surface area contributed by atoms with Gasteiger partial charge in [-0.15, -0.1) is 0 Å². The number of carbonyl (C=O) groups excluding carboxylic acids is 4. The highest BCUT2D eigenvalue weighted by atomic mass is 32.2. The van der Waals surface area contributed by atoms with E-state index in [9.17, 15) is 33.9 Å². The van der Waals surface area contributed by atoms with Crippen molar-refractivity contribution in [2.45, 2.75) is 63.2 Å². The molecule has 13 nitrogen and oxygen atoms in total. The number of amides is 4. The van der Waals surface area contributed by atoms with E-state index in [1.54, 1.807) is 6.26 Å². The molecule has 0 aliphatic heterocycles. The zero-order valence-electron chi connectivity index (χ0n) is 18.0. The maximum Gasteiger partial charge on any atom is 0.326 e. The van der Waals surface area contributed by atoms with E-state index in [0.717, 1.165) is 0 Å². The predicted molar refractivity (Wildman–Crippen MR) is 115 cm³/mol. The fourth-order valence-electron chi connectivity index (χ4n) is 2.43. The van der Waals surface area contributed by atoms with Gasteiger partial charge in [-0.25, -0.2) is 4.79 Å². The number of carboxylic acids is 2. The summed E-state index contributed by atoms with van der Waals surface area (Å²) in [5.74, 6) is -5.24. The molecule has 0 aromatic carbocycles. The van der Waals surface area contributed by atoms with Crippen LogP contribution in [0.15, 0.2) is 0 Å². The number of hydrogen-bond acceptors (Lipinski definition) is 8. The van der Waals surface area contributed by atoms with Crippen LogP contribution in [-0.2, 0) is 28.8 Å². The van der Waals surface area contributed by atoms with Crippen molar-refractivity contribution in [3.63, 3.8) is 0 Å². The van der Waals surface area contributed by atoms with Gasteiger partial charge in [0.25, 0.3) is 0 Å². The molecule has 9 N–H and O–H groups in total. The molecule has 14 heteroatoms. The maximum atomic E-state index is 12.7. The van der Waals surface area contributed by atoms with E-state index in [1.807, 2.05) is 0 Å². The summed E-state index contributed by atoms with van der Waals surface area (Å²) >= 11 is 1.38. The highest BCUT2D eigenvalue weighted by molar-refractivity contribution is 7.98. The Labute approximate surface area is 189 Å². The monoisotopic (exact) mass is 477 g/mol. The quantitative estimate of drug-likeness (QED) is 0.126. The lowest BCUT2D eigenvalue weighted by Crippen LogP contribution is -2.57. The van der Waals surface area contributed by atoms with Gasteiger partial charge in [-0.2, -0.15) is 11.8 Å². The van der Waals surface area contributed by atoms with Crippen molar-refractivity contribution in [3.05, 3.63) is 0 Å². The van der Waals surface area contributed by atoms with Crippen LogP contribution in [0.3, 0.4) is 0 Å². The lowest BCUT2D eigenvalue weighted by molar-refractivity contribution is -0.143. The van der Waals surface area contributed by atoms with Crippen LogP contribution in [0.1, 0.15) is 39.0 Å². The van der Waals surface area contributed by atoms with Crippen molar-refractivity contribution in [1.82, 2.24) is 16.0 Å². The normalized spacial score (nSPS) is 14.3. The number of nitrogens with one attached hydrogen (secondary N) is 3. The van der Waals surface area contributed by atoms with Crippen molar-refractivity contribution in [2.75, 3.05) is 12.0 Å². The molecule has 0 saturated carbocycles. The lowest BCUT2D eigenvalue weighted by atomic mass is 10.1. The zero-order valence-corrected chi connectivity index (χ0v) is 18.8. The Morgan fingerprint density at radius 2 is 1.28 bits per heavy atom. The van der Waals surface area contributed by atoms with E-state index < -0.39 is 66.2 Å². The second kappa shape index (κ2) is 15.0. The first-order chi connectivity index (χ1) is 14.9. The Morgan fingerprint density at radius 3 is 1.69 bits per heavy atom. The van der Waals surface area contributed by atoms with Crippen LogP contribution < -0.4 is 27.4 Å². The molecule has 0 aromatic rings. The Bertz CT molecular complexity index is 703. The topological polar surface area (TPSA) is 231 Å². The smallest absolute Gasteiger partial charge is 0.326 e. The van der Waals surface area contributed by atoms with Gasteiger partial charge in [0, 0.05) is 12.8 Å². The number of rotatable bonds is 16. The van der Waals surface area contributed by atoms with Gasteiger partial charge in [0.2, 0.25) is 23.6 Å². The summed E-state index contributed by atoms with van der Waals surface area (Å²) < 4.78 is 0. The fraction of sp³-hybridized carbons (Fsp3) is 0.667. The van der Waals surface area contributed by atoms with Crippen LogP contribution in [0.5, 0.6) is 0 Å². The molecule has 4 amide bonds. The highest BCUT2D eigenvalue weighted by Gasteiger charge is 2.30. The van der Waals surface area contributed by atoms with Crippen molar-refractivity contribution < 1.29 is 39.0 Å². The highest BCUT2D eigenvalue weighted by Crippen LogP contribution is 2.06. The van der Waals surface area contributed by atoms with E-state index in [0.29, 0.717) is 5.75 Å². The molecule has 4 unspecified atom stereocenters. The van der Waals surface area contributed by atoms with Gasteiger partial charge >= 0.3 is 11.9 Å². The third kappa shape index (κ3) is 12.1. The van der Waals surface area contributed by atoms with Gasteiger partial charge in [-0.1, -0.05) is 0 Å². The Hall–Kier alpha value is -2.87. The number of hydrogen-bond donors (Lipinski definition) is 7. The average molecular weight is 478 g/mol. The first-order valence-corrected chi connectivity index (χ1v) is 11.2. The summed E-state index contributed by atoms with van der Waals surface area (Å²) in [6.07, 6.45) is 0.634. The van der Waals surface area contributed by atoms with Crippen LogP contribution in [0.25, 0.3) is 0 Å². The largest absolute Gasteiger partial charge is 0.481 e. The van der Waals surface area contributed by atoms with E-state index in [-0.39, 0.29) is 25.7 Å². The first-order valence-electron chi connectivity index (χ1n) is 9.77. The summed E-state index contributed by atoms with van der Waals surface area (Å²) in [5.41, 5.74) is 10.6. The van der Waals surface area contributed by atoms with Crippen LogP contribution in [0, 0.1) is 0 Å². The average Bonchev–Trinajstić information content (AvgIpc) is 2.69. The molecule has 0 spiro atoms.